The molecule has 0 aromatic heterocycles. The van der Waals surface area contributed by atoms with Crippen molar-refractivity contribution in [2.45, 2.75) is 49.3 Å². The smallest absolute Gasteiger partial charge is 0.369 e. The zero-order valence-electron chi connectivity index (χ0n) is 13.4. The van der Waals surface area contributed by atoms with Gasteiger partial charge in [0.05, 0.1) is 0 Å². The van der Waals surface area contributed by atoms with Crippen LogP contribution in [-0.2, 0) is 17.6 Å². The monoisotopic (exact) mass is 438 g/mol. The van der Waals surface area contributed by atoms with Gasteiger partial charge >= 0.3 is 24.7 Å². The topological polar surface area (TPSA) is 40.5 Å². The van der Waals surface area contributed by atoms with E-state index < -0.39 is 65.1 Å². The fraction of sp³-hybridized carbons (Fsp3) is 0.571. The van der Waals surface area contributed by atoms with Crippen LogP contribution in [0.1, 0.15) is 23.6 Å². The van der Waals surface area contributed by atoms with E-state index in [4.69, 9.17) is 0 Å². The number of alkyl halides is 12. The molecular formula is C14H10F12O2. The van der Waals surface area contributed by atoms with Crippen molar-refractivity contribution in [1.82, 2.24) is 0 Å². The first-order chi connectivity index (χ1) is 12.1. The van der Waals surface area contributed by atoms with Crippen molar-refractivity contribution < 1.29 is 62.9 Å². The Morgan fingerprint density at radius 2 is 0.821 bits per heavy atom. The molecule has 0 amide bonds. The van der Waals surface area contributed by atoms with Crippen molar-refractivity contribution in [3.05, 3.63) is 34.9 Å². The van der Waals surface area contributed by atoms with Crippen LogP contribution in [0.5, 0.6) is 0 Å². The Morgan fingerprint density at radius 3 is 1.00 bits per heavy atom. The molecule has 162 valence electrons. The van der Waals surface area contributed by atoms with Gasteiger partial charge in [0.15, 0.2) is 0 Å². The Hall–Kier alpha value is -1.70. The summed E-state index contributed by atoms with van der Waals surface area (Å²) in [6.07, 6.45) is -26.8. The lowest BCUT2D eigenvalue weighted by Crippen LogP contribution is -2.55. The second kappa shape index (κ2) is 6.68. The number of halogens is 12. The van der Waals surface area contributed by atoms with E-state index in [0.717, 1.165) is 6.92 Å². The first-order valence-corrected chi connectivity index (χ1v) is 7.01. The summed E-state index contributed by atoms with van der Waals surface area (Å²) >= 11 is 0. The molecule has 0 saturated carbocycles. The minimum Gasteiger partial charge on any atom is -0.369 e. The van der Waals surface area contributed by atoms with Gasteiger partial charge in [0.25, 0.3) is 11.2 Å². The average Bonchev–Trinajstić information content (AvgIpc) is 2.48. The Bertz CT molecular complexity index is 627. The van der Waals surface area contributed by atoms with E-state index in [1.807, 2.05) is 0 Å². The lowest BCUT2D eigenvalue weighted by Gasteiger charge is -2.36. The molecule has 0 unspecified atom stereocenters. The summed E-state index contributed by atoms with van der Waals surface area (Å²) in [6.45, 7) is 1.00. The summed E-state index contributed by atoms with van der Waals surface area (Å²) in [5.74, 6) is 0. The normalized spacial score (nSPS) is 15.1. The lowest BCUT2D eigenvalue weighted by atomic mass is 9.83. The zero-order chi connectivity index (χ0) is 22.6. The summed E-state index contributed by atoms with van der Waals surface area (Å²) in [7, 11) is 0. The molecule has 0 heterocycles. The second-order valence-corrected chi connectivity index (χ2v) is 5.68. The van der Waals surface area contributed by atoms with Crippen LogP contribution >= 0.6 is 0 Å². The van der Waals surface area contributed by atoms with Crippen molar-refractivity contribution in [1.29, 1.82) is 0 Å². The number of rotatable bonds is 3. The van der Waals surface area contributed by atoms with E-state index >= 15 is 0 Å². The van der Waals surface area contributed by atoms with Crippen LogP contribution in [0.25, 0.3) is 0 Å². The third-order valence-corrected chi connectivity index (χ3v) is 3.88. The molecule has 0 fully saturated rings. The maximum absolute atomic E-state index is 12.9. The fourth-order valence-electron chi connectivity index (χ4n) is 2.29. The molecule has 1 rings (SSSR count). The molecule has 0 bridgehead atoms. The summed E-state index contributed by atoms with van der Waals surface area (Å²) in [4.78, 5) is 0. The summed E-state index contributed by atoms with van der Waals surface area (Å²) in [5.41, 5.74) is -17.1. The van der Waals surface area contributed by atoms with Gasteiger partial charge in [-0.05, 0) is 18.1 Å². The Morgan fingerprint density at radius 1 is 0.571 bits per heavy atom. The molecule has 0 aliphatic carbocycles. The van der Waals surface area contributed by atoms with Crippen molar-refractivity contribution >= 4 is 0 Å². The second-order valence-electron chi connectivity index (χ2n) is 5.68. The van der Waals surface area contributed by atoms with E-state index in [9.17, 15) is 62.9 Å². The van der Waals surface area contributed by atoms with Crippen molar-refractivity contribution in [2.75, 3.05) is 0 Å². The van der Waals surface area contributed by atoms with Crippen LogP contribution in [0.2, 0.25) is 0 Å². The van der Waals surface area contributed by atoms with Gasteiger partial charge < -0.3 is 10.2 Å². The van der Waals surface area contributed by atoms with Crippen LogP contribution in [0.15, 0.2) is 18.2 Å². The summed E-state index contributed by atoms with van der Waals surface area (Å²) in [6, 6.07) is -0.906. The predicted octanol–water partition coefficient (Wildman–Crippen LogP) is 4.87. The first kappa shape index (κ1) is 24.3. The van der Waals surface area contributed by atoms with E-state index in [1.165, 1.54) is 0 Å². The quantitative estimate of drug-likeness (QED) is 0.662. The van der Waals surface area contributed by atoms with Gasteiger partial charge in [0.2, 0.25) is 0 Å². The van der Waals surface area contributed by atoms with E-state index in [1.54, 1.807) is 0 Å². The molecule has 0 atom stereocenters. The molecule has 28 heavy (non-hydrogen) atoms. The van der Waals surface area contributed by atoms with Gasteiger partial charge in [0, 0.05) is 11.1 Å². The van der Waals surface area contributed by atoms with Crippen LogP contribution < -0.4 is 0 Å². The molecule has 0 radical (unpaired) electrons. The Balaban J connectivity index is 4.01. The molecule has 0 aliphatic heterocycles. The molecular weight excluding hydrogens is 428 g/mol. The maximum atomic E-state index is 12.9. The van der Waals surface area contributed by atoms with Gasteiger partial charge in [-0.2, -0.15) is 52.7 Å². The zero-order valence-corrected chi connectivity index (χ0v) is 13.4. The Kier molecular flexibility index (Phi) is 5.80. The van der Waals surface area contributed by atoms with Crippen LogP contribution in [0.3, 0.4) is 0 Å². The van der Waals surface area contributed by atoms with E-state index in [-0.39, 0.29) is 12.1 Å². The molecule has 0 spiro atoms. The number of aryl methyl sites for hydroxylation is 1. The van der Waals surface area contributed by atoms with Crippen LogP contribution in [-0.4, -0.2) is 34.9 Å². The molecule has 2 nitrogen and oxygen atoms in total. The highest BCUT2D eigenvalue weighted by molar-refractivity contribution is 5.40. The standard InChI is InChI=1S/C14H10F12O2/c1-2-6-3-7(9(27,11(15,16)17)12(18,19)20)5-8(4-6)10(28,13(21,22)23)14(24,25)26/h3-5,27-28H,2H2,1H3. The van der Waals surface area contributed by atoms with Crippen molar-refractivity contribution in [3.8, 4) is 0 Å². The molecule has 14 heteroatoms. The van der Waals surface area contributed by atoms with Gasteiger partial charge in [-0.25, -0.2) is 0 Å². The first-order valence-electron chi connectivity index (χ1n) is 7.01. The molecule has 1 aromatic rings. The summed E-state index contributed by atoms with van der Waals surface area (Å²) in [5, 5.41) is 18.6. The van der Waals surface area contributed by atoms with Gasteiger partial charge in [-0.1, -0.05) is 19.1 Å². The number of aliphatic hydroxyl groups is 2. The molecule has 1 aromatic carbocycles. The largest absolute Gasteiger partial charge is 0.430 e. The predicted molar refractivity (Wildman–Crippen MR) is 67.8 cm³/mol. The highest BCUT2D eigenvalue weighted by Gasteiger charge is 2.74. The number of hydrogen-bond donors (Lipinski definition) is 2. The molecule has 0 saturated heterocycles. The molecule has 0 aliphatic rings. The summed E-state index contributed by atoms with van der Waals surface area (Å²) < 4.78 is 155. The third-order valence-electron chi connectivity index (χ3n) is 3.88. The fourth-order valence-corrected chi connectivity index (χ4v) is 2.29. The minimum absolute atomic E-state index is 0.0440. The third kappa shape index (κ3) is 3.63. The van der Waals surface area contributed by atoms with Crippen molar-refractivity contribution in [2.24, 2.45) is 0 Å². The van der Waals surface area contributed by atoms with Gasteiger partial charge in [-0.15, -0.1) is 0 Å². The highest BCUT2D eigenvalue weighted by atomic mass is 19.4. The van der Waals surface area contributed by atoms with Gasteiger partial charge in [-0.3, -0.25) is 0 Å². The maximum Gasteiger partial charge on any atom is 0.430 e. The van der Waals surface area contributed by atoms with Crippen LogP contribution in [0, 0.1) is 0 Å². The number of benzene rings is 1. The highest BCUT2D eigenvalue weighted by Crippen LogP contribution is 2.54. The van der Waals surface area contributed by atoms with E-state index in [2.05, 4.69) is 0 Å². The van der Waals surface area contributed by atoms with Crippen molar-refractivity contribution in [3.63, 3.8) is 0 Å². The van der Waals surface area contributed by atoms with Gasteiger partial charge in [0.1, 0.15) is 0 Å². The lowest BCUT2D eigenvalue weighted by molar-refractivity contribution is -0.378. The van der Waals surface area contributed by atoms with E-state index in [0.29, 0.717) is 0 Å². The SMILES string of the molecule is CCc1cc(C(O)(C(F)(F)F)C(F)(F)F)cc(C(O)(C(F)(F)F)C(F)(F)F)c1. The number of hydrogen-bond acceptors (Lipinski definition) is 2. The Labute approximate surface area is 148 Å². The minimum atomic E-state index is -6.55. The average molecular weight is 438 g/mol. The van der Waals surface area contributed by atoms with Crippen LogP contribution in [0.4, 0.5) is 52.7 Å². The molecule has 2 N–H and O–H groups in total.